The van der Waals surface area contributed by atoms with Crippen LogP contribution >= 0.6 is 15.9 Å². The van der Waals surface area contributed by atoms with E-state index in [1.54, 1.807) is 24.3 Å². The summed E-state index contributed by atoms with van der Waals surface area (Å²) in [5.41, 5.74) is -0.721. The molecule has 0 bridgehead atoms. The summed E-state index contributed by atoms with van der Waals surface area (Å²) in [5, 5.41) is 8.29. The maximum absolute atomic E-state index is 12.0. The Morgan fingerprint density at radius 3 is 2.42 bits per heavy atom. The van der Waals surface area contributed by atoms with Crippen molar-refractivity contribution in [3.8, 4) is 6.07 Å². The fourth-order valence-electron chi connectivity index (χ4n) is 2.48. The predicted molar refractivity (Wildman–Crippen MR) is 74.2 cm³/mol. The van der Waals surface area contributed by atoms with Gasteiger partial charge in [0.15, 0.2) is 9.84 Å². The van der Waals surface area contributed by atoms with Crippen LogP contribution in [0.3, 0.4) is 0 Å². The normalized spacial score (nSPS) is 29.5. The lowest BCUT2D eigenvalue weighted by molar-refractivity contribution is -0.110. The maximum Gasteiger partial charge on any atom is 0.155 e. The van der Waals surface area contributed by atoms with E-state index in [4.69, 9.17) is 0 Å². The number of hydrogen-bond donors (Lipinski definition) is 0. The lowest BCUT2D eigenvalue weighted by Gasteiger charge is -2.00. The highest BCUT2D eigenvalue weighted by atomic mass is 79.9. The van der Waals surface area contributed by atoms with Crippen LogP contribution in [0.25, 0.3) is 0 Å². The molecule has 1 aromatic rings. The number of nitriles is 1. The lowest BCUT2D eigenvalue weighted by atomic mass is 10.0. The van der Waals surface area contributed by atoms with E-state index in [2.05, 4.69) is 15.9 Å². The molecule has 0 radical (unpaired) electrons. The molecular weight excluding hydrogens is 330 g/mol. The first-order valence-corrected chi connectivity index (χ1v) is 8.28. The van der Waals surface area contributed by atoms with Crippen molar-refractivity contribution >= 4 is 32.1 Å². The van der Waals surface area contributed by atoms with Gasteiger partial charge in [0.2, 0.25) is 0 Å². The minimum Gasteiger partial charge on any atom is -0.302 e. The number of nitrogens with zero attached hydrogens (tertiary/aromatic N) is 1. The quantitative estimate of drug-likeness (QED) is 0.785. The molecule has 1 saturated carbocycles. The second kappa shape index (κ2) is 4.73. The van der Waals surface area contributed by atoms with Gasteiger partial charge in [-0.25, -0.2) is 8.42 Å². The number of aldehydes is 1. The zero-order valence-corrected chi connectivity index (χ0v) is 12.6. The van der Waals surface area contributed by atoms with Crippen molar-refractivity contribution < 1.29 is 13.2 Å². The summed E-state index contributed by atoms with van der Waals surface area (Å²) in [7, 11) is -3.43. The molecule has 19 heavy (non-hydrogen) atoms. The average molecular weight is 342 g/mol. The Bertz CT molecular complexity index is 647. The summed E-state index contributed by atoms with van der Waals surface area (Å²) in [6.45, 7) is 1.53. The molecule has 1 aliphatic carbocycles. The Kier molecular flexibility index (Phi) is 3.54. The fraction of sp³-hybridized carbons (Fsp3) is 0.385. The predicted octanol–water partition coefficient (Wildman–Crippen LogP) is 2.06. The first-order valence-electron chi connectivity index (χ1n) is 5.77. The summed E-state index contributed by atoms with van der Waals surface area (Å²) >= 11 is 3.29. The molecule has 4 nitrogen and oxygen atoms in total. The van der Waals surface area contributed by atoms with Gasteiger partial charge in [-0.1, -0.05) is 35.0 Å². The molecule has 0 saturated heterocycles. The van der Waals surface area contributed by atoms with Gasteiger partial charge in [0, 0.05) is 16.1 Å². The molecule has 6 heteroatoms. The lowest BCUT2D eigenvalue weighted by Crippen LogP contribution is -2.17. The molecule has 0 spiro atoms. The van der Waals surface area contributed by atoms with E-state index in [0.29, 0.717) is 11.8 Å². The first-order chi connectivity index (χ1) is 8.93. The van der Waals surface area contributed by atoms with E-state index in [-0.39, 0.29) is 5.75 Å². The van der Waals surface area contributed by atoms with Crippen molar-refractivity contribution in [3.63, 3.8) is 0 Å². The van der Waals surface area contributed by atoms with E-state index < -0.39 is 26.4 Å². The second-order valence-corrected chi connectivity index (χ2v) is 7.89. The van der Waals surface area contributed by atoms with Gasteiger partial charge in [-0.05, 0) is 17.7 Å². The van der Waals surface area contributed by atoms with Crippen LogP contribution in [0.1, 0.15) is 18.4 Å². The zero-order valence-electron chi connectivity index (χ0n) is 10.2. The number of carbonyl (C=O) groups is 1. The standard InChI is InChI=1S/C13H12BrNO3S/c1-2-19(17,18)12-11(13(12,7-15)8-16)9-3-5-10(14)6-4-9/h3-6,8,11-12H,2H2,1H3/t11-,12+,13-/m0/s1. The van der Waals surface area contributed by atoms with Crippen LogP contribution in [-0.4, -0.2) is 25.7 Å². The number of halogens is 1. The van der Waals surface area contributed by atoms with Crippen LogP contribution in [0, 0.1) is 16.7 Å². The number of hydrogen-bond acceptors (Lipinski definition) is 4. The summed E-state index contributed by atoms with van der Waals surface area (Å²) in [6, 6.07) is 8.94. The third-order valence-electron chi connectivity index (χ3n) is 3.59. The molecule has 1 aromatic carbocycles. The van der Waals surface area contributed by atoms with Gasteiger partial charge in [-0.15, -0.1) is 0 Å². The van der Waals surface area contributed by atoms with E-state index in [1.807, 2.05) is 6.07 Å². The van der Waals surface area contributed by atoms with Gasteiger partial charge in [0.05, 0.1) is 11.3 Å². The number of sulfone groups is 1. The monoisotopic (exact) mass is 341 g/mol. The average Bonchev–Trinajstić information content (AvgIpc) is 3.10. The Labute approximate surface area is 120 Å². The summed E-state index contributed by atoms with van der Waals surface area (Å²) in [5.74, 6) is -0.629. The van der Waals surface area contributed by atoms with Crippen molar-refractivity contribution in [1.29, 1.82) is 5.26 Å². The molecule has 2 rings (SSSR count). The van der Waals surface area contributed by atoms with Crippen LogP contribution in [0.4, 0.5) is 0 Å². The van der Waals surface area contributed by atoms with Crippen molar-refractivity contribution in [3.05, 3.63) is 34.3 Å². The third-order valence-corrected chi connectivity index (χ3v) is 6.36. The molecule has 0 aliphatic heterocycles. The van der Waals surface area contributed by atoms with Gasteiger partial charge in [0.1, 0.15) is 11.7 Å². The van der Waals surface area contributed by atoms with Crippen LogP contribution in [-0.2, 0) is 14.6 Å². The van der Waals surface area contributed by atoms with E-state index in [0.717, 1.165) is 4.47 Å². The van der Waals surface area contributed by atoms with Crippen molar-refractivity contribution in [1.82, 2.24) is 0 Å². The molecule has 0 N–H and O–H groups in total. The smallest absolute Gasteiger partial charge is 0.155 e. The van der Waals surface area contributed by atoms with E-state index in [9.17, 15) is 18.5 Å². The van der Waals surface area contributed by atoms with Crippen molar-refractivity contribution in [2.75, 3.05) is 5.75 Å². The number of rotatable bonds is 4. The zero-order chi connectivity index (χ0) is 14.3. The van der Waals surface area contributed by atoms with Crippen LogP contribution < -0.4 is 0 Å². The highest BCUT2D eigenvalue weighted by Crippen LogP contribution is 2.61. The van der Waals surface area contributed by atoms with E-state index in [1.165, 1.54) is 6.92 Å². The van der Waals surface area contributed by atoms with Gasteiger partial charge >= 0.3 is 0 Å². The maximum atomic E-state index is 12.0. The Hall–Kier alpha value is -1.19. The molecule has 1 fully saturated rings. The highest BCUT2D eigenvalue weighted by molar-refractivity contribution is 9.10. The van der Waals surface area contributed by atoms with Crippen molar-refractivity contribution in [2.45, 2.75) is 18.1 Å². The number of benzene rings is 1. The Balaban J connectivity index is 2.49. The van der Waals surface area contributed by atoms with Crippen LogP contribution in [0.5, 0.6) is 0 Å². The molecule has 0 amide bonds. The molecule has 1 aliphatic rings. The number of carbonyl (C=O) groups excluding carboxylic acids is 1. The van der Waals surface area contributed by atoms with Crippen LogP contribution in [0.2, 0.25) is 0 Å². The molecule has 0 unspecified atom stereocenters. The summed E-state index contributed by atoms with van der Waals surface area (Å²) in [6.07, 6.45) is 0.484. The minimum absolute atomic E-state index is 0.0675. The summed E-state index contributed by atoms with van der Waals surface area (Å²) < 4.78 is 24.9. The summed E-state index contributed by atoms with van der Waals surface area (Å²) in [4.78, 5) is 11.2. The Morgan fingerprint density at radius 2 is 2.00 bits per heavy atom. The molecular formula is C13H12BrNO3S. The topological polar surface area (TPSA) is 75.0 Å². The van der Waals surface area contributed by atoms with Gasteiger partial charge in [-0.2, -0.15) is 5.26 Å². The first kappa shape index (κ1) is 14.2. The largest absolute Gasteiger partial charge is 0.302 e. The molecule has 0 aromatic heterocycles. The second-order valence-electron chi connectivity index (χ2n) is 4.56. The van der Waals surface area contributed by atoms with Gasteiger partial charge in [-0.3, -0.25) is 0 Å². The van der Waals surface area contributed by atoms with Crippen molar-refractivity contribution in [2.24, 2.45) is 5.41 Å². The van der Waals surface area contributed by atoms with Gasteiger partial charge < -0.3 is 4.79 Å². The Morgan fingerprint density at radius 1 is 1.42 bits per heavy atom. The minimum atomic E-state index is -3.43. The molecule has 0 heterocycles. The SMILES string of the molecule is CCS(=O)(=O)[C@@H]1[C@H](c2ccc(Br)cc2)[C@]1(C#N)C=O. The molecule has 100 valence electrons. The van der Waals surface area contributed by atoms with Crippen LogP contribution in [0.15, 0.2) is 28.7 Å². The fourth-order valence-corrected chi connectivity index (χ4v) is 4.67. The van der Waals surface area contributed by atoms with E-state index >= 15 is 0 Å². The highest BCUT2D eigenvalue weighted by Gasteiger charge is 2.72. The van der Waals surface area contributed by atoms with Gasteiger partial charge in [0.25, 0.3) is 0 Å². The third kappa shape index (κ3) is 2.11. The molecule has 3 atom stereocenters.